The van der Waals surface area contributed by atoms with Crippen LogP contribution in [0.25, 0.3) is 0 Å². The summed E-state index contributed by atoms with van der Waals surface area (Å²) in [4.78, 5) is 6.93. The average molecular weight is 247 g/mol. The van der Waals surface area contributed by atoms with Crippen molar-refractivity contribution in [1.29, 1.82) is 0 Å². The van der Waals surface area contributed by atoms with Crippen molar-refractivity contribution in [2.75, 3.05) is 18.1 Å². The summed E-state index contributed by atoms with van der Waals surface area (Å²) in [6, 6.07) is 4.70. The zero-order valence-corrected chi connectivity index (χ0v) is 10.9. The largest absolute Gasteiger partial charge is 0.374 e. The minimum absolute atomic E-state index is 0.0622. The number of nitrogens with two attached hydrogens (primary N) is 1. The Hall–Kier alpha value is -1.13. The molecule has 2 heterocycles. The molecular weight excluding hydrogens is 226 g/mol. The Morgan fingerprint density at radius 3 is 3.22 bits per heavy atom. The van der Waals surface area contributed by atoms with Gasteiger partial charge in [0.25, 0.3) is 0 Å². The first-order valence-electron chi connectivity index (χ1n) is 6.85. The lowest BCUT2D eigenvalue weighted by molar-refractivity contribution is 0.0253. The van der Waals surface area contributed by atoms with Crippen LogP contribution in [-0.4, -0.2) is 30.3 Å². The molecule has 0 amide bonds. The summed E-state index contributed by atoms with van der Waals surface area (Å²) in [7, 11) is 0. The Balaban J connectivity index is 1.86. The van der Waals surface area contributed by atoms with Crippen LogP contribution in [0, 0.1) is 0 Å². The Bertz CT molecular complexity index is 421. The maximum Gasteiger partial charge on any atom is 0.129 e. The highest BCUT2D eigenvalue weighted by molar-refractivity contribution is 5.44. The molecule has 3 rings (SSSR count). The molecule has 3 atom stereocenters. The molecule has 4 heteroatoms. The topological polar surface area (TPSA) is 51.4 Å². The normalized spacial score (nSPS) is 29.1. The van der Waals surface area contributed by atoms with E-state index in [2.05, 4.69) is 16.0 Å². The van der Waals surface area contributed by atoms with Gasteiger partial charge in [-0.15, -0.1) is 0 Å². The number of aromatic nitrogens is 1. The summed E-state index contributed by atoms with van der Waals surface area (Å²) in [5.74, 6) is 1.06. The highest BCUT2D eigenvalue weighted by atomic mass is 16.5. The summed E-state index contributed by atoms with van der Waals surface area (Å²) in [6.45, 7) is 3.76. The van der Waals surface area contributed by atoms with Crippen LogP contribution in [0.5, 0.6) is 0 Å². The van der Waals surface area contributed by atoms with Crippen molar-refractivity contribution in [3.63, 3.8) is 0 Å². The van der Waals surface area contributed by atoms with Gasteiger partial charge in [0.1, 0.15) is 5.82 Å². The van der Waals surface area contributed by atoms with Gasteiger partial charge < -0.3 is 15.4 Å². The van der Waals surface area contributed by atoms with Crippen molar-refractivity contribution in [2.45, 2.75) is 44.4 Å². The predicted molar refractivity (Wildman–Crippen MR) is 71.6 cm³/mol. The zero-order valence-electron chi connectivity index (χ0n) is 10.9. The van der Waals surface area contributed by atoms with Crippen LogP contribution in [0.15, 0.2) is 18.3 Å². The molecule has 2 fully saturated rings. The second-order valence-electron chi connectivity index (χ2n) is 5.34. The molecule has 1 aromatic rings. The molecular formula is C14H21N3O. The molecule has 1 aromatic heterocycles. The Labute approximate surface area is 108 Å². The van der Waals surface area contributed by atoms with Gasteiger partial charge in [0.2, 0.25) is 0 Å². The molecule has 0 aromatic carbocycles. The van der Waals surface area contributed by atoms with Gasteiger partial charge in [0.15, 0.2) is 0 Å². The first kappa shape index (κ1) is 11.9. The average Bonchev–Trinajstić information content (AvgIpc) is 2.87. The maximum atomic E-state index is 5.95. The van der Waals surface area contributed by atoms with E-state index in [1.165, 1.54) is 19.3 Å². The minimum atomic E-state index is 0.0622. The number of pyridine rings is 1. The highest BCUT2D eigenvalue weighted by Crippen LogP contribution is 2.32. The van der Waals surface area contributed by atoms with E-state index >= 15 is 0 Å². The number of anilines is 1. The first-order chi connectivity index (χ1) is 8.75. The molecule has 2 unspecified atom stereocenters. The van der Waals surface area contributed by atoms with Crippen LogP contribution < -0.4 is 10.6 Å². The molecule has 0 spiro atoms. The monoisotopic (exact) mass is 247 g/mol. The molecule has 1 saturated heterocycles. The number of rotatable bonds is 2. The molecule has 2 N–H and O–H groups in total. The summed E-state index contributed by atoms with van der Waals surface area (Å²) in [5, 5.41) is 0. The maximum absolute atomic E-state index is 5.95. The van der Waals surface area contributed by atoms with Crippen molar-refractivity contribution in [2.24, 2.45) is 5.73 Å². The van der Waals surface area contributed by atoms with Crippen molar-refractivity contribution in [3.05, 3.63) is 23.9 Å². The van der Waals surface area contributed by atoms with E-state index < -0.39 is 0 Å². The van der Waals surface area contributed by atoms with Crippen LogP contribution in [0.4, 0.5) is 5.82 Å². The van der Waals surface area contributed by atoms with Gasteiger partial charge in [-0.3, -0.25) is 0 Å². The third-order valence-electron chi connectivity index (χ3n) is 4.07. The molecule has 1 saturated carbocycles. The molecule has 1 aliphatic carbocycles. The first-order valence-corrected chi connectivity index (χ1v) is 6.85. The van der Waals surface area contributed by atoms with Crippen LogP contribution in [0.3, 0.4) is 0 Å². The van der Waals surface area contributed by atoms with Crippen LogP contribution >= 0.6 is 0 Å². The number of fused-ring (bicyclic) bond motifs is 1. The zero-order chi connectivity index (χ0) is 12.5. The van der Waals surface area contributed by atoms with Crippen LogP contribution in [0.1, 0.15) is 37.8 Å². The third-order valence-corrected chi connectivity index (χ3v) is 4.07. The molecule has 2 aliphatic rings. The van der Waals surface area contributed by atoms with Crippen molar-refractivity contribution in [1.82, 2.24) is 4.98 Å². The van der Waals surface area contributed by atoms with Gasteiger partial charge in [-0.1, -0.05) is 0 Å². The minimum Gasteiger partial charge on any atom is -0.374 e. The third kappa shape index (κ3) is 2.10. The standard InChI is InChI=1S/C14H21N3O/c1-10(15)11-5-6-16-14(9-11)17-7-8-18-13-4-2-3-12(13)17/h5-6,9-10,12-13H,2-4,7-8,15H2,1H3/t10-,12?,13?/m1/s1. The van der Waals surface area contributed by atoms with E-state index in [4.69, 9.17) is 10.5 Å². The SMILES string of the molecule is C[C@@H](N)c1ccnc(N2CCOC3CCCC32)c1. The van der Waals surface area contributed by atoms with Gasteiger partial charge >= 0.3 is 0 Å². The molecule has 98 valence electrons. The molecule has 0 bridgehead atoms. The van der Waals surface area contributed by atoms with Gasteiger partial charge in [0, 0.05) is 18.8 Å². The lowest BCUT2D eigenvalue weighted by atomic mass is 10.1. The van der Waals surface area contributed by atoms with Gasteiger partial charge in [0.05, 0.1) is 18.8 Å². The quantitative estimate of drug-likeness (QED) is 0.866. The smallest absolute Gasteiger partial charge is 0.129 e. The predicted octanol–water partition coefficient (Wildman–Crippen LogP) is 1.86. The Morgan fingerprint density at radius 1 is 1.50 bits per heavy atom. The number of hydrogen-bond donors (Lipinski definition) is 1. The fourth-order valence-electron chi connectivity index (χ4n) is 3.08. The number of hydrogen-bond acceptors (Lipinski definition) is 4. The Kier molecular flexibility index (Phi) is 3.22. The fourth-order valence-corrected chi connectivity index (χ4v) is 3.08. The number of nitrogens with zero attached hydrogens (tertiary/aromatic N) is 2. The lowest BCUT2D eigenvalue weighted by Crippen LogP contribution is -2.49. The number of morpholine rings is 1. The molecule has 0 radical (unpaired) electrons. The Morgan fingerprint density at radius 2 is 2.39 bits per heavy atom. The molecule has 18 heavy (non-hydrogen) atoms. The van der Waals surface area contributed by atoms with Crippen molar-refractivity contribution in [3.8, 4) is 0 Å². The van der Waals surface area contributed by atoms with Gasteiger partial charge in [-0.2, -0.15) is 0 Å². The van der Waals surface area contributed by atoms with Crippen molar-refractivity contribution >= 4 is 5.82 Å². The van der Waals surface area contributed by atoms with E-state index in [0.29, 0.717) is 12.1 Å². The van der Waals surface area contributed by atoms with E-state index in [0.717, 1.165) is 24.5 Å². The van der Waals surface area contributed by atoms with Crippen LogP contribution in [-0.2, 0) is 4.74 Å². The van der Waals surface area contributed by atoms with Gasteiger partial charge in [-0.25, -0.2) is 4.98 Å². The summed E-state index contributed by atoms with van der Waals surface area (Å²) in [5.41, 5.74) is 7.10. The van der Waals surface area contributed by atoms with E-state index in [-0.39, 0.29) is 6.04 Å². The van der Waals surface area contributed by atoms with Crippen molar-refractivity contribution < 1.29 is 4.74 Å². The number of ether oxygens (including phenoxy) is 1. The second-order valence-corrected chi connectivity index (χ2v) is 5.34. The summed E-state index contributed by atoms with van der Waals surface area (Å²) < 4.78 is 5.84. The summed E-state index contributed by atoms with van der Waals surface area (Å²) in [6.07, 6.45) is 5.94. The van der Waals surface area contributed by atoms with E-state index in [1.807, 2.05) is 19.2 Å². The molecule has 4 nitrogen and oxygen atoms in total. The van der Waals surface area contributed by atoms with E-state index in [9.17, 15) is 0 Å². The fraction of sp³-hybridized carbons (Fsp3) is 0.643. The second kappa shape index (κ2) is 4.86. The van der Waals surface area contributed by atoms with Gasteiger partial charge in [-0.05, 0) is 43.9 Å². The summed E-state index contributed by atoms with van der Waals surface area (Å²) >= 11 is 0. The molecule has 1 aliphatic heterocycles. The highest BCUT2D eigenvalue weighted by Gasteiger charge is 2.36. The van der Waals surface area contributed by atoms with Crippen LogP contribution in [0.2, 0.25) is 0 Å². The van der Waals surface area contributed by atoms with E-state index in [1.54, 1.807) is 0 Å². The lowest BCUT2D eigenvalue weighted by Gasteiger charge is -2.38.